The molecule has 0 aliphatic rings. The zero-order valence-electron chi connectivity index (χ0n) is 21.7. The molecule has 2 aromatic rings. The molecule has 0 fully saturated rings. The Morgan fingerprint density at radius 3 is 2.30 bits per heavy atom. The number of para-hydroxylation sites is 1. The molecule has 37 heavy (non-hydrogen) atoms. The number of carbonyl (C=O) groups excluding carboxylic acids is 4. The maximum atomic E-state index is 13.6. The molecule has 0 saturated heterocycles. The topological polar surface area (TPSA) is 151 Å². The summed E-state index contributed by atoms with van der Waals surface area (Å²) in [6, 6.07) is 6.97. The fourth-order valence-electron chi connectivity index (χ4n) is 3.61. The Morgan fingerprint density at radius 2 is 1.76 bits per heavy atom. The first-order valence-electron chi connectivity index (χ1n) is 11.5. The van der Waals surface area contributed by atoms with Crippen LogP contribution in [0.1, 0.15) is 49.9 Å². The summed E-state index contributed by atoms with van der Waals surface area (Å²) in [4.78, 5) is 52.3. The summed E-state index contributed by atoms with van der Waals surface area (Å²) >= 11 is 6.29. The van der Waals surface area contributed by atoms with Crippen molar-refractivity contribution >= 4 is 41.1 Å². The molecular weight excluding hydrogens is 500 g/mol. The Labute approximate surface area is 221 Å². The third kappa shape index (κ3) is 8.11. The van der Waals surface area contributed by atoms with Crippen LogP contribution in [-0.2, 0) is 19.1 Å². The van der Waals surface area contributed by atoms with E-state index in [-0.39, 0.29) is 5.75 Å². The van der Waals surface area contributed by atoms with E-state index in [1.165, 1.54) is 19.2 Å². The average Bonchev–Trinajstić information content (AvgIpc) is 2.76. The van der Waals surface area contributed by atoms with Gasteiger partial charge in [0, 0.05) is 7.05 Å². The van der Waals surface area contributed by atoms with Gasteiger partial charge in [-0.15, -0.1) is 0 Å². The van der Waals surface area contributed by atoms with Crippen LogP contribution in [0.2, 0.25) is 5.02 Å². The number of aromatic hydroxyl groups is 1. The number of nitrogens with two attached hydrogens (primary N) is 1. The zero-order valence-corrected chi connectivity index (χ0v) is 22.5. The predicted octanol–water partition coefficient (Wildman–Crippen LogP) is 3.57. The molecule has 4 amide bonds. The van der Waals surface area contributed by atoms with Gasteiger partial charge >= 0.3 is 6.09 Å². The van der Waals surface area contributed by atoms with Gasteiger partial charge < -0.3 is 31.1 Å². The minimum Gasteiger partial charge on any atom is -0.508 e. The lowest BCUT2D eigenvalue weighted by Crippen LogP contribution is -2.52. The molecule has 2 atom stereocenters. The van der Waals surface area contributed by atoms with Crippen molar-refractivity contribution in [2.45, 2.75) is 58.7 Å². The average molecular weight is 533 g/mol. The summed E-state index contributed by atoms with van der Waals surface area (Å²) in [6.07, 6.45) is -1.44. The number of nitrogens with one attached hydrogen (secondary N) is 2. The SMILES string of the molecule is Cc1cc(C(C(=O)Nc2c(C)cccc2Cl)N(C)C(=O)C(CC(N)=O)NC(=O)OC(C)(C)C)ccc1O. The molecule has 200 valence electrons. The number of phenolic OH excluding ortho intramolecular Hbond substituents is 1. The molecule has 0 aliphatic heterocycles. The van der Waals surface area contributed by atoms with Crippen LogP contribution in [0.5, 0.6) is 5.75 Å². The molecule has 0 heterocycles. The van der Waals surface area contributed by atoms with E-state index < -0.39 is 47.9 Å². The van der Waals surface area contributed by atoms with Crippen LogP contribution in [0, 0.1) is 13.8 Å². The van der Waals surface area contributed by atoms with Gasteiger partial charge in [0.15, 0.2) is 0 Å². The Morgan fingerprint density at radius 1 is 1.11 bits per heavy atom. The number of rotatable bonds is 8. The number of hydrogen-bond donors (Lipinski definition) is 4. The van der Waals surface area contributed by atoms with Gasteiger partial charge in [0.1, 0.15) is 23.4 Å². The minimum atomic E-state index is -1.40. The third-order valence-corrected chi connectivity index (χ3v) is 5.70. The van der Waals surface area contributed by atoms with Crippen LogP contribution >= 0.6 is 11.6 Å². The number of carbonyl (C=O) groups is 4. The fourth-order valence-corrected chi connectivity index (χ4v) is 3.87. The van der Waals surface area contributed by atoms with E-state index >= 15 is 0 Å². The molecule has 10 nitrogen and oxygen atoms in total. The Kier molecular flexibility index (Phi) is 9.52. The highest BCUT2D eigenvalue weighted by molar-refractivity contribution is 6.34. The fraction of sp³-hybridized carbons (Fsp3) is 0.385. The summed E-state index contributed by atoms with van der Waals surface area (Å²) in [7, 11) is 1.36. The van der Waals surface area contributed by atoms with Crippen molar-refractivity contribution in [2.75, 3.05) is 12.4 Å². The molecule has 0 saturated carbocycles. The highest BCUT2D eigenvalue weighted by Gasteiger charge is 2.35. The second-order valence-corrected chi connectivity index (χ2v) is 10.1. The minimum absolute atomic E-state index is 0.0111. The number of alkyl carbamates (subject to hydrolysis) is 1. The van der Waals surface area contributed by atoms with Crippen molar-refractivity contribution in [2.24, 2.45) is 5.73 Å². The van der Waals surface area contributed by atoms with Gasteiger partial charge in [-0.2, -0.15) is 0 Å². The molecule has 2 rings (SSSR count). The lowest BCUT2D eigenvalue weighted by atomic mass is 10.00. The van der Waals surface area contributed by atoms with E-state index in [4.69, 9.17) is 22.1 Å². The van der Waals surface area contributed by atoms with Crippen LogP contribution in [0.25, 0.3) is 0 Å². The quantitative estimate of drug-likeness (QED) is 0.408. The number of benzene rings is 2. The number of aryl methyl sites for hydroxylation is 2. The molecule has 2 aromatic carbocycles. The number of nitrogens with zero attached hydrogens (tertiary/aromatic N) is 1. The molecule has 0 aliphatic carbocycles. The van der Waals surface area contributed by atoms with Gasteiger partial charge in [0.05, 0.1) is 17.1 Å². The van der Waals surface area contributed by atoms with E-state index in [1.54, 1.807) is 58.9 Å². The number of halogens is 1. The van der Waals surface area contributed by atoms with Gasteiger partial charge in [-0.05, 0) is 69.5 Å². The van der Waals surface area contributed by atoms with Gasteiger partial charge in [-0.3, -0.25) is 14.4 Å². The Bertz CT molecular complexity index is 1170. The van der Waals surface area contributed by atoms with Crippen LogP contribution in [0.15, 0.2) is 36.4 Å². The first-order chi connectivity index (χ1) is 17.1. The van der Waals surface area contributed by atoms with Gasteiger partial charge in [-0.1, -0.05) is 29.8 Å². The van der Waals surface area contributed by atoms with Crippen molar-refractivity contribution in [1.82, 2.24) is 10.2 Å². The van der Waals surface area contributed by atoms with E-state index in [1.807, 2.05) is 0 Å². The van der Waals surface area contributed by atoms with E-state index in [2.05, 4.69) is 10.6 Å². The number of anilines is 1. The van der Waals surface area contributed by atoms with Gasteiger partial charge in [0.2, 0.25) is 11.8 Å². The number of amides is 4. The summed E-state index contributed by atoms with van der Waals surface area (Å²) in [5, 5.41) is 15.4. The van der Waals surface area contributed by atoms with Crippen LogP contribution in [0.4, 0.5) is 10.5 Å². The van der Waals surface area contributed by atoms with E-state index in [9.17, 15) is 24.3 Å². The van der Waals surface area contributed by atoms with E-state index in [0.29, 0.717) is 27.4 Å². The van der Waals surface area contributed by atoms with E-state index in [0.717, 1.165) is 4.90 Å². The lowest BCUT2D eigenvalue weighted by Gasteiger charge is -2.31. The molecular formula is C26H33ClN4O6. The normalized spacial score (nSPS) is 12.7. The highest BCUT2D eigenvalue weighted by Crippen LogP contribution is 2.30. The molecule has 2 unspecified atom stereocenters. The standard InChI is InChI=1S/C26H33ClN4O6/c1-14-8-7-9-17(27)21(14)30-23(34)22(16-10-11-19(32)15(2)12-16)31(6)24(35)18(13-20(28)33)29-25(36)37-26(3,4)5/h7-12,18,22,32H,13H2,1-6H3,(H2,28,33)(H,29,36)(H,30,34). The lowest BCUT2D eigenvalue weighted by molar-refractivity contribution is -0.140. The van der Waals surface area contributed by atoms with Crippen LogP contribution in [-0.4, -0.2) is 52.5 Å². The van der Waals surface area contributed by atoms with Gasteiger partial charge in [-0.25, -0.2) is 4.79 Å². The maximum absolute atomic E-state index is 13.6. The number of primary amides is 1. The second kappa shape index (κ2) is 12.0. The second-order valence-electron chi connectivity index (χ2n) is 9.69. The summed E-state index contributed by atoms with van der Waals surface area (Å²) in [5.41, 5.74) is 6.41. The summed E-state index contributed by atoms with van der Waals surface area (Å²) in [6.45, 7) is 8.35. The van der Waals surface area contributed by atoms with Crippen molar-refractivity contribution in [3.63, 3.8) is 0 Å². The first-order valence-corrected chi connectivity index (χ1v) is 11.9. The summed E-state index contributed by atoms with van der Waals surface area (Å²) < 4.78 is 5.21. The van der Waals surface area contributed by atoms with Crippen LogP contribution < -0.4 is 16.4 Å². The number of ether oxygens (including phenoxy) is 1. The third-order valence-electron chi connectivity index (χ3n) is 5.38. The van der Waals surface area contributed by atoms with Crippen molar-refractivity contribution < 1.29 is 29.0 Å². The number of hydrogen-bond acceptors (Lipinski definition) is 6. The van der Waals surface area contributed by atoms with Crippen molar-refractivity contribution in [1.29, 1.82) is 0 Å². The number of likely N-dealkylation sites (N-methyl/N-ethyl adjacent to an activating group) is 1. The van der Waals surface area contributed by atoms with Crippen molar-refractivity contribution in [3.8, 4) is 5.75 Å². The number of phenols is 1. The van der Waals surface area contributed by atoms with Gasteiger partial charge in [0.25, 0.3) is 5.91 Å². The molecule has 5 N–H and O–H groups in total. The molecule has 0 bridgehead atoms. The molecule has 11 heteroatoms. The highest BCUT2D eigenvalue weighted by atomic mass is 35.5. The van der Waals surface area contributed by atoms with Crippen molar-refractivity contribution in [3.05, 3.63) is 58.1 Å². The predicted molar refractivity (Wildman–Crippen MR) is 140 cm³/mol. The molecule has 0 aromatic heterocycles. The smallest absolute Gasteiger partial charge is 0.408 e. The largest absolute Gasteiger partial charge is 0.508 e. The maximum Gasteiger partial charge on any atom is 0.408 e. The molecule has 0 radical (unpaired) electrons. The monoisotopic (exact) mass is 532 g/mol. The molecule has 0 spiro atoms. The summed E-state index contributed by atoms with van der Waals surface area (Å²) in [5.74, 6) is -2.19. The Balaban J connectivity index is 2.47. The zero-order chi connectivity index (χ0) is 28.1. The van der Waals surface area contributed by atoms with Crippen LogP contribution in [0.3, 0.4) is 0 Å². The Hall–Kier alpha value is -3.79. The first kappa shape index (κ1) is 29.4.